The number of benzene rings is 2. The molecule has 4 amide bonds. The summed E-state index contributed by atoms with van der Waals surface area (Å²) in [7, 11) is 1.18. The fraction of sp³-hybridized carbons (Fsp3) is 0.259. The van der Waals surface area contributed by atoms with Crippen molar-refractivity contribution in [3.05, 3.63) is 89.2 Å². The zero-order chi connectivity index (χ0) is 25.5. The van der Waals surface area contributed by atoms with Crippen molar-refractivity contribution in [1.29, 1.82) is 0 Å². The van der Waals surface area contributed by atoms with Crippen LogP contribution in [0.1, 0.15) is 33.5 Å². The van der Waals surface area contributed by atoms with Gasteiger partial charge in [0.25, 0.3) is 5.91 Å². The van der Waals surface area contributed by atoms with E-state index in [1.165, 1.54) is 7.11 Å². The highest BCUT2D eigenvalue weighted by molar-refractivity contribution is 6.08. The van der Waals surface area contributed by atoms with E-state index in [0.29, 0.717) is 12.1 Å². The summed E-state index contributed by atoms with van der Waals surface area (Å²) in [6, 6.07) is 16.7. The molecule has 0 bridgehead atoms. The predicted octanol–water partition coefficient (Wildman–Crippen LogP) is 4.01. The minimum Gasteiger partial charge on any atom is -0.453 e. The zero-order valence-electron chi connectivity index (χ0n) is 20.4. The summed E-state index contributed by atoms with van der Waals surface area (Å²) >= 11 is 0. The smallest absolute Gasteiger partial charge is 0.415 e. The molecule has 36 heavy (non-hydrogen) atoms. The Labute approximate surface area is 210 Å². The molecule has 3 aromatic rings. The molecule has 1 aliphatic heterocycles. The predicted molar refractivity (Wildman–Crippen MR) is 137 cm³/mol. The Morgan fingerprint density at radius 3 is 2.56 bits per heavy atom. The third-order valence-corrected chi connectivity index (χ3v) is 6.09. The number of urea groups is 1. The van der Waals surface area contributed by atoms with Crippen LogP contribution in [0, 0.1) is 6.92 Å². The van der Waals surface area contributed by atoms with E-state index in [1.807, 2.05) is 59.7 Å². The van der Waals surface area contributed by atoms with Gasteiger partial charge in [-0.1, -0.05) is 24.3 Å². The molecule has 0 aliphatic carbocycles. The fourth-order valence-corrected chi connectivity index (χ4v) is 4.25. The number of amides is 4. The Bertz CT molecular complexity index is 1250. The molecule has 0 unspecified atom stereocenters. The van der Waals surface area contributed by atoms with Crippen LogP contribution in [0.4, 0.5) is 21.0 Å². The molecule has 0 radical (unpaired) electrons. The van der Waals surface area contributed by atoms with Crippen LogP contribution in [0.5, 0.6) is 0 Å². The number of imide groups is 1. The van der Waals surface area contributed by atoms with E-state index in [4.69, 9.17) is 0 Å². The lowest BCUT2D eigenvalue weighted by Gasteiger charge is -2.27. The Kier molecular flexibility index (Phi) is 7.79. The molecule has 9 nitrogen and oxygen atoms in total. The summed E-state index contributed by atoms with van der Waals surface area (Å²) in [5.41, 5.74) is 5.29. The number of hydrogen-bond acceptors (Lipinski definition) is 6. The summed E-state index contributed by atoms with van der Waals surface area (Å²) in [5.74, 6) is -0.0725. The number of methoxy groups -OCH3 is 1. The van der Waals surface area contributed by atoms with Crippen molar-refractivity contribution in [2.45, 2.75) is 26.4 Å². The number of anilines is 2. The molecule has 2 N–H and O–H groups in total. The summed E-state index contributed by atoms with van der Waals surface area (Å²) in [4.78, 5) is 44.9. The number of aromatic nitrogens is 1. The molecule has 2 heterocycles. The van der Waals surface area contributed by atoms with Crippen LogP contribution >= 0.6 is 0 Å². The second kappa shape index (κ2) is 11.4. The molecule has 9 heteroatoms. The average molecular weight is 488 g/mol. The van der Waals surface area contributed by atoms with Crippen molar-refractivity contribution in [2.75, 3.05) is 30.0 Å². The summed E-state index contributed by atoms with van der Waals surface area (Å²) in [6.45, 7) is 4.25. The number of carbonyl (C=O) groups excluding carboxylic acids is 3. The second-order valence-electron chi connectivity index (χ2n) is 8.52. The van der Waals surface area contributed by atoms with Gasteiger partial charge in [-0.15, -0.1) is 0 Å². The van der Waals surface area contributed by atoms with Gasteiger partial charge in [-0.2, -0.15) is 0 Å². The van der Waals surface area contributed by atoms with Crippen molar-refractivity contribution >= 4 is 29.4 Å². The maximum absolute atomic E-state index is 13.6. The number of alkyl carbamates (subject to hydrolysis) is 1. The maximum Gasteiger partial charge on any atom is 0.415 e. The van der Waals surface area contributed by atoms with Crippen LogP contribution in [-0.4, -0.2) is 43.2 Å². The first-order valence-electron chi connectivity index (χ1n) is 11.7. The first kappa shape index (κ1) is 24.7. The number of nitrogens with one attached hydrogen (secondary N) is 2. The van der Waals surface area contributed by atoms with Crippen molar-refractivity contribution < 1.29 is 19.1 Å². The molecule has 0 saturated carbocycles. The molecule has 0 saturated heterocycles. The number of ether oxygens (including phenoxy) is 1. The van der Waals surface area contributed by atoms with Gasteiger partial charge in [-0.25, -0.2) is 14.9 Å². The lowest BCUT2D eigenvalue weighted by Crippen LogP contribution is -2.39. The average Bonchev–Trinajstić information content (AvgIpc) is 3.07. The summed E-state index contributed by atoms with van der Waals surface area (Å²) in [6.07, 6.45) is 3.63. The van der Waals surface area contributed by atoms with Gasteiger partial charge in [0.1, 0.15) is 0 Å². The van der Waals surface area contributed by atoms with E-state index < -0.39 is 12.1 Å². The third-order valence-electron chi connectivity index (χ3n) is 6.09. The highest BCUT2D eigenvalue weighted by Crippen LogP contribution is 2.34. The third kappa shape index (κ3) is 5.80. The van der Waals surface area contributed by atoms with Crippen LogP contribution in [-0.2, 0) is 17.8 Å². The SMILES string of the molecule is COC(=O)NC(=O)NCc1ccc(C(=O)N2CCCN(Cc3cccnc3)c3ccccc32)cc1C. The molecular weight excluding hydrogens is 458 g/mol. The molecule has 0 atom stereocenters. The zero-order valence-corrected chi connectivity index (χ0v) is 20.4. The Hall–Kier alpha value is -4.40. The van der Waals surface area contributed by atoms with Gasteiger partial charge in [-0.3, -0.25) is 9.78 Å². The number of carbonyl (C=O) groups is 3. The minimum absolute atomic E-state index is 0.0725. The number of rotatable bonds is 5. The van der Waals surface area contributed by atoms with Crippen molar-refractivity contribution in [1.82, 2.24) is 15.6 Å². The van der Waals surface area contributed by atoms with Crippen LogP contribution < -0.4 is 20.4 Å². The normalized spacial score (nSPS) is 12.8. The van der Waals surface area contributed by atoms with E-state index in [1.54, 1.807) is 12.3 Å². The van der Waals surface area contributed by atoms with E-state index in [-0.39, 0.29) is 12.5 Å². The lowest BCUT2D eigenvalue weighted by molar-refractivity contribution is 0.0987. The standard InChI is InChI=1S/C27H29N5O4/c1-19-15-21(10-11-22(19)17-29-26(34)30-27(35)36-2)25(33)32-14-6-13-31(18-20-7-5-12-28-16-20)23-8-3-4-9-24(23)32/h3-5,7-12,15-16H,6,13-14,17-18H2,1-2H3,(H2,29,30,34,35). The van der Waals surface area contributed by atoms with E-state index in [0.717, 1.165) is 47.6 Å². The van der Waals surface area contributed by atoms with Crippen LogP contribution in [0.25, 0.3) is 0 Å². The first-order chi connectivity index (χ1) is 17.5. The highest BCUT2D eigenvalue weighted by atomic mass is 16.5. The number of aryl methyl sites for hydroxylation is 1. The van der Waals surface area contributed by atoms with Gasteiger partial charge in [-0.05, 0) is 60.4 Å². The van der Waals surface area contributed by atoms with Gasteiger partial charge in [0.05, 0.1) is 18.5 Å². The molecule has 0 spiro atoms. The topological polar surface area (TPSA) is 104 Å². The van der Waals surface area contributed by atoms with E-state index in [2.05, 4.69) is 32.1 Å². The quantitative estimate of drug-likeness (QED) is 0.564. The molecule has 4 rings (SSSR count). The van der Waals surface area contributed by atoms with Gasteiger partial charge < -0.3 is 19.9 Å². The van der Waals surface area contributed by atoms with Crippen molar-refractivity contribution in [3.63, 3.8) is 0 Å². The first-order valence-corrected chi connectivity index (χ1v) is 11.7. The molecule has 1 aromatic heterocycles. The second-order valence-corrected chi connectivity index (χ2v) is 8.52. The van der Waals surface area contributed by atoms with Gasteiger partial charge in [0, 0.05) is 44.1 Å². The fourth-order valence-electron chi connectivity index (χ4n) is 4.25. The Morgan fingerprint density at radius 2 is 1.83 bits per heavy atom. The number of nitrogens with zero attached hydrogens (tertiary/aromatic N) is 3. The largest absolute Gasteiger partial charge is 0.453 e. The molecule has 0 fully saturated rings. The van der Waals surface area contributed by atoms with Crippen LogP contribution in [0.2, 0.25) is 0 Å². The molecule has 186 valence electrons. The van der Waals surface area contributed by atoms with Crippen LogP contribution in [0.15, 0.2) is 67.0 Å². The monoisotopic (exact) mass is 487 g/mol. The van der Waals surface area contributed by atoms with Crippen molar-refractivity contribution in [2.24, 2.45) is 0 Å². The Morgan fingerprint density at radius 1 is 1.03 bits per heavy atom. The number of hydrogen-bond donors (Lipinski definition) is 2. The van der Waals surface area contributed by atoms with Crippen LogP contribution in [0.3, 0.4) is 0 Å². The summed E-state index contributed by atoms with van der Waals surface area (Å²) < 4.78 is 4.41. The number of pyridine rings is 1. The number of para-hydroxylation sites is 2. The highest BCUT2D eigenvalue weighted by Gasteiger charge is 2.26. The Balaban J connectivity index is 1.51. The maximum atomic E-state index is 13.6. The van der Waals surface area contributed by atoms with E-state index >= 15 is 0 Å². The van der Waals surface area contributed by atoms with Gasteiger partial charge in [0.15, 0.2) is 0 Å². The van der Waals surface area contributed by atoms with Crippen molar-refractivity contribution in [3.8, 4) is 0 Å². The molecule has 2 aromatic carbocycles. The summed E-state index contributed by atoms with van der Waals surface area (Å²) in [5, 5.41) is 4.65. The lowest BCUT2D eigenvalue weighted by atomic mass is 10.0. The minimum atomic E-state index is -0.832. The number of fused-ring (bicyclic) bond motifs is 1. The van der Waals surface area contributed by atoms with E-state index in [9.17, 15) is 14.4 Å². The molecular formula is C27H29N5O4. The molecule has 1 aliphatic rings. The van der Waals surface area contributed by atoms with Gasteiger partial charge >= 0.3 is 12.1 Å². The van der Waals surface area contributed by atoms with Gasteiger partial charge in [0.2, 0.25) is 0 Å².